The highest BCUT2D eigenvalue weighted by molar-refractivity contribution is 9.09. The van der Waals surface area contributed by atoms with Crippen LogP contribution in [0.15, 0.2) is 5.29 Å². The third kappa shape index (κ3) is 5.90. The van der Waals surface area contributed by atoms with Crippen LogP contribution < -0.4 is 5.32 Å². The van der Waals surface area contributed by atoms with E-state index < -0.39 is 6.03 Å². The molecule has 0 aromatic heterocycles. The van der Waals surface area contributed by atoms with Crippen molar-refractivity contribution < 1.29 is 4.79 Å². The van der Waals surface area contributed by atoms with Crippen LogP contribution in [0.3, 0.4) is 0 Å². The Hall–Kier alpha value is -0.650. The summed E-state index contributed by atoms with van der Waals surface area (Å²) >= 11 is 3.27. The van der Waals surface area contributed by atoms with E-state index in [0.29, 0.717) is 6.54 Å². The predicted molar refractivity (Wildman–Crippen MR) is 59.2 cm³/mol. The van der Waals surface area contributed by atoms with Gasteiger partial charge >= 0.3 is 6.03 Å². The van der Waals surface area contributed by atoms with Crippen molar-refractivity contribution in [3.05, 3.63) is 4.91 Å². The molecule has 0 aliphatic carbocycles. The van der Waals surface area contributed by atoms with Gasteiger partial charge in [0.2, 0.25) is 0 Å². The van der Waals surface area contributed by atoms with Gasteiger partial charge in [0.15, 0.2) is 0 Å². The normalized spacial score (nSPS) is 10.0. The van der Waals surface area contributed by atoms with Gasteiger partial charge in [-0.1, -0.05) is 15.9 Å². The Morgan fingerprint density at radius 1 is 1.50 bits per heavy atom. The summed E-state index contributed by atoms with van der Waals surface area (Å²) in [4.78, 5) is 21.6. The van der Waals surface area contributed by atoms with Gasteiger partial charge in [-0.3, -0.25) is 0 Å². The lowest BCUT2D eigenvalue weighted by Gasteiger charge is -2.15. The molecule has 0 aliphatic rings. The number of nitrogens with zero attached hydrogens (tertiary/aromatic N) is 2. The maximum atomic E-state index is 11.3. The highest BCUT2D eigenvalue weighted by atomic mass is 79.9. The number of hydrogen-bond donors (Lipinski definition) is 1. The van der Waals surface area contributed by atoms with Gasteiger partial charge in [0.1, 0.15) is 0 Å². The third-order valence-corrected chi connectivity index (χ3v) is 2.06. The van der Waals surface area contributed by atoms with E-state index in [9.17, 15) is 9.70 Å². The summed E-state index contributed by atoms with van der Waals surface area (Å²) in [6.07, 6.45) is 1.68. The molecule has 0 radical (unpaired) electrons. The first-order valence-corrected chi connectivity index (χ1v) is 5.71. The average molecular weight is 266 g/mol. The fraction of sp³-hybridized carbons (Fsp3) is 0.875. The van der Waals surface area contributed by atoms with Gasteiger partial charge in [-0.25, -0.2) is 4.79 Å². The molecule has 0 aliphatic heterocycles. The molecule has 0 saturated heterocycles. The second-order valence-electron chi connectivity index (χ2n) is 3.21. The van der Waals surface area contributed by atoms with E-state index in [1.807, 2.05) is 13.8 Å². The minimum absolute atomic E-state index is 0.0166. The van der Waals surface area contributed by atoms with Crippen molar-refractivity contribution in [3.8, 4) is 0 Å². The molecule has 0 rings (SSSR count). The van der Waals surface area contributed by atoms with Crippen LogP contribution in [0.25, 0.3) is 0 Å². The zero-order valence-electron chi connectivity index (χ0n) is 8.49. The molecular formula is C8H16BrN3O2. The summed E-state index contributed by atoms with van der Waals surface area (Å²) in [5.74, 6) is 0. The van der Waals surface area contributed by atoms with Crippen molar-refractivity contribution in [2.45, 2.75) is 32.7 Å². The highest BCUT2D eigenvalue weighted by Gasteiger charge is 2.13. The number of carbonyl (C=O) groups excluding carboxylic acids is 1. The molecule has 82 valence electrons. The monoisotopic (exact) mass is 265 g/mol. The number of hydrogen-bond acceptors (Lipinski definition) is 3. The van der Waals surface area contributed by atoms with Crippen molar-refractivity contribution >= 4 is 22.0 Å². The van der Waals surface area contributed by atoms with Crippen LogP contribution in [0.1, 0.15) is 26.7 Å². The highest BCUT2D eigenvalue weighted by Crippen LogP contribution is 1.99. The van der Waals surface area contributed by atoms with Gasteiger partial charge in [0, 0.05) is 17.9 Å². The predicted octanol–water partition coefficient (Wildman–Crippen LogP) is 2.26. The van der Waals surface area contributed by atoms with Crippen LogP contribution in [0.5, 0.6) is 0 Å². The maximum absolute atomic E-state index is 11.3. The summed E-state index contributed by atoms with van der Waals surface area (Å²) in [7, 11) is 0. The molecule has 0 atom stereocenters. The van der Waals surface area contributed by atoms with E-state index >= 15 is 0 Å². The van der Waals surface area contributed by atoms with Crippen molar-refractivity contribution in [2.24, 2.45) is 5.29 Å². The smallest absolute Gasteiger partial charge is 0.334 e. The Balaban J connectivity index is 3.87. The zero-order valence-corrected chi connectivity index (χ0v) is 10.1. The number of amides is 2. The Bertz CT molecular complexity index is 187. The molecule has 14 heavy (non-hydrogen) atoms. The number of nitroso groups, excluding NO2 is 1. The third-order valence-electron chi connectivity index (χ3n) is 1.50. The molecule has 6 heteroatoms. The molecule has 0 aromatic rings. The van der Waals surface area contributed by atoms with E-state index in [-0.39, 0.29) is 6.04 Å². The van der Waals surface area contributed by atoms with Crippen molar-refractivity contribution in [3.63, 3.8) is 0 Å². The van der Waals surface area contributed by atoms with E-state index in [1.54, 1.807) is 0 Å². The van der Waals surface area contributed by atoms with Crippen LogP contribution in [0.4, 0.5) is 4.79 Å². The quantitative estimate of drug-likeness (QED) is 0.347. The van der Waals surface area contributed by atoms with E-state index in [1.165, 1.54) is 0 Å². The van der Waals surface area contributed by atoms with Gasteiger partial charge in [-0.15, -0.1) is 4.91 Å². The first-order valence-electron chi connectivity index (χ1n) is 4.59. The molecule has 5 nitrogen and oxygen atoms in total. The fourth-order valence-electron chi connectivity index (χ4n) is 0.857. The summed E-state index contributed by atoms with van der Waals surface area (Å²) in [5, 5.41) is 7.06. The van der Waals surface area contributed by atoms with Crippen LogP contribution in [-0.4, -0.2) is 29.0 Å². The van der Waals surface area contributed by atoms with Crippen molar-refractivity contribution in [1.29, 1.82) is 0 Å². The Kier molecular flexibility index (Phi) is 7.37. The Morgan fingerprint density at radius 2 is 2.14 bits per heavy atom. The van der Waals surface area contributed by atoms with Gasteiger partial charge in [0.25, 0.3) is 0 Å². The maximum Gasteiger partial charge on any atom is 0.340 e. The summed E-state index contributed by atoms with van der Waals surface area (Å²) in [6.45, 7) is 4.03. The minimum atomic E-state index is -0.426. The fourth-order valence-corrected chi connectivity index (χ4v) is 1.25. The Labute approximate surface area is 92.3 Å². The molecule has 0 bridgehead atoms. The molecule has 0 saturated carbocycles. The van der Waals surface area contributed by atoms with Crippen molar-refractivity contribution in [1.82, 2.24) is 10.3 Å². The first kappa shape index (κ1) is 13.4. The van der Waals surface area contributed by atoms with Crippen LogP contribution in [0, 0.1) is 4.91 Å². The van der Waals surface area contributed by atoms with Gasteiger partial charge in [0.05, 0.1) is 5.29 Å². The molecular weight excluding hydrogens is 250 g/mol. The zero-order chi connectivity index (χ0) is 11.0. The second kappa shape index (κ2) is 7.73. The lowest BCUT2D eigenvalue weighted by molar-refractivity contribution is 0.196. The molecule has 0 spiro atoms. The van der Waals surface area contributed by atoms with E-state index in [4.69, 9.17) is 0 Å². The largest absolute Gasteiger partial charge is 0.340 e. The number of halogens is 1. The van der Waals surface area contributed by atoms with Gasteiger partial charge in [-0.05, 0) is 26.7 Å². The number of unbranched alkanes of at least 4 members (excludes halogenated alkanes) is 1. The Morgan fingerprint density at radius 3 is 2.57 bits per heavy atom. The first-order chi connectivity index (χ1) is 6.61. The van der Waals surface area contributed by atoms with Gasteiger partial charge in [-0.2, -0.15) is 5.01 Å². The molecule has 0 heterocycles. The van der Waals surface area contributed by atoms with Gasteiger partial charge < -0.3 is 5.32 Å². The molecule has 0 aromatic carbocycles. The summed E-state index contributed by atoms with van der Waals surface area (Å²) in [5.41, 5.74) is 0. The van der Waals surface area contributed by atoms with Crippen LogP contribution >= 0.6 is 15.9 Å². The number of alkyl halides is 1. The lowest BCUT2D eigenvalue weighted by atomic mass is 10.3. The summed E-state index contributed by atoms with van der Waals surface area (Å²) in [6, 6.07) is -0.410. The van der Waals surface area contributed by atoms with Crippen LogP contribution in [-0.2, 0) is 0 Å². The number of nitrogens with one attached hydrogen (secondary N) is 1. The molecule has 1 N–H and O–H groups in total. The average Bonchev–Trinajstić information content (AvgIpc) is 2.11. The van der Waals surface area contributed by atoms with Crippen molar-refractivity contribution in [2.75, 3.05) is 11.9 Å². The topological polar surface area (TPSA) is 61.8 Å². The minimum Gasteiger partial charge on any atom is -0.334 e. The van der Waals surface area contributed by atoms with E-state index in [2.05, 4.69) is 26.5 Å². The molecule has 0 fully saturated rings. The van der Waals surface area contributed by atoms with Crippen LogP contribution in [0.2, 0.25) is 0 Å². The second-order valence-corrected chi connectivity index (χ2v) is 4.00. The van der Waals surface area contributed by atoms with E-state index in [0.717, 1.165) is 23.2 Å². The number of rotatable bonds is 6. The number of urea groups is 1. The number of carbonyl (C=O) groups is 1. The lowest BCUT2D eigenvalue weighted by Crippen LogP contribution is -2.40. The molecule has 2 amide bonds. The SMILES string of the molecule is CC(C)NC(=O)N(CCCCBr)N=O. The molecule has 0 unspecified atom stereocenters. The summed E-state index contributed by atoms with van der Waals surface area (Å²) < 4.78 is 0. The standard InChI is InChI=1S/C8H16BrN3O2/c1-7(2)10-8(13)12(11-14)6-4-3-5-9/h7H,3-6H2,1-2H3,(H,10,13).